The Balaban J connectivity index is 1.29. The molecule has 0 bridgehead atoms. The average molecular weight is 588 g/mol. The summed E-state index contributed by atoms with van der Waals surface area (Å²) in [6, 6.07) is 11.7. The highest BCUT2D eigenvalue weighted by Gasteiger charge is 2.51. The number of ether oxygens (including phenoxy) is 1. The summed E-state index contributed by atoms with van der Waals surface area (Å²) in [6.07, 6.45) is 3.62. The smallest absolute Gasteiger partial charge is 0.331 e. The Bertz CT molecular complexity index is 1920. The highest BCUT2D eigenvalue weighted by molar-refractivity contribution is 6.06. The van der Waals surface area contributed by atoms with E-state index in [1.807, 2.05) is 12.1 Å². The molecule has 10 nitrogen and oxygen atoms in total. The van der Waals surface area contributed by atoms with Gasteiger partial charge in [-0.2, -0.15) is 0 Å². The van der Waals surface area contributed by atoms with Gasteiger partial charge in [-0.15, -0.1) is 0 Å². The van der Waals surface area contributed by atoms with Gasteiger partial charge >= 0.3 is 5.69 Å². The summed E-state index contributed by atoms with van der Waals surface area (Å²) in [5, 5.41) is 5.63. The van der Waals surface area contributed by atoms with Crippen LogP contribution in [0.25, 0.3) is 11.1 Å². The SMILES string of the molecule is COC[C@H](C)n1c(=O)c(-c2cccc(F)c2F)cn(CC(=O)Nc2ccc3c(c2)C[C@@]2(C3)C(=O)Nc3ncccc32)c1=O. The number of fused-ring (bicyclic) bond motifs is 3. The average Bonchev–Trinajstić information content (AvgIpc) is 3.49. The molecule has 2 aromatic heterocycles. The van der Waals surface area contributed by atoms with Crippen LogP contribution in [0.15, 0.2) is 70.5 Å². The van der Waals surface area contributed by atoms with Crippen LogP contribution in [0, 0.1) is 11.6 Å². The van der Waals surface area contributed by atoms with E-state index >= 15 is 0 Å². The molecule has 12 heteroatoms. The minimum Gasteiger partial charge on any atom is -0.383 e. The van der Waals surface area contributed by atoms with Gasteiger partial charge in [-0.1, -0.05) is 24.3 Å². The number of anilines is 2. The molecule has 2 N–H and O–H groups in total. The molecule has 3 heterocycles. The van der Waals surface area contributed by atoms with E-state index in [0.717, 1.165) is 38.1 Å². The number of rotatable bonds is 7. The van der Waals surface area contributed by atoms with Crippen molar-refractivity contribution < 1.29 is 23.1 Å². The van der Waals surface area contributed by atoms with Gasteiger partial charge in [0.2, 0.25) is 11.8 Å². The summed E-state index contributed by atoms with van der Waals surface area (Å²) in [5.74, 6) is -2.55. The number of carbonyl (C=O) groups is 2. The summed E-state index contributed by atoms with van der Waals surface area (Å²) < 4.78 is 35.7. The van der Waals surface area contributed by atoms with Crippen molar-refractivity contribution in [2.75, 3.05) is 24.4 Å². The van der Waals surface area contributed by atoms with Gasteiger partial charge in [-0.25, -0.2) is 18.6 Å². The van der Waals surface area contributed by atoms with E-state index in [1.165, 1.54) is 19.2 Å². The molecular formula is C31H27F2N5O5. The molecule has 43 heavy (non-hydrogen) atoms. The predicted octanol–water partition coefficient (Wildman–Crippen LogP) is 3.19. The number of pyridine rings is 1. The highest BCUT2D eigenvalue weighted by Crippen LogP contribution is 2.46. The maximum atomic E-state index is 14.7. The lowest BCUT2D eigenvalue weighted by molar-refractivity contribution is -0.120. The monoisotopic (exact) mass is 587 g/mol. The Kier molecular flexibility index (Phi) is 7.01. The summed E-state index contributed by atoms with van der Waals surface area (Å²) in [7, 11) is 1.40. The lowest BCUT2D eigenvalue weighted by Gasteiger charge is -2.20. The second-order valence-corrected chi connectivity index (χ2v) is 10.9. The predicted molar refractivity (Wildman–Crippen MR) is 154 cm³/mol. The van der Waals surface area contributed by atoms with Crippen molar-refractivity contribution in [1.82, 2.24) is 14.1 Å². The zero-order chi connectivity index (χ0) is 30.5. The molecule has 2 aliphatic rings. The number of carbonyl (C=O) groups excluding carboxylic acids is 2. The Morgan fingerprint density at radius 1 is 1.09 bits per heavy atom. The molecule has 1 aliphatic heterocycles. The van der Waals surface area contributed by atoms with Crippen LogP contribution < -0.4 is 21.9 Å². The second kappa shape index (κ2) is 10.7. The van der Waals surface area contributed by atoms with E-state index in [4.69, 9.17) is 4.74 Å². The van der Waals surface area contributed by atoms with Gasteiger partial charge in [0.25, 0.3) is 5.56 Å². The van der Waals surface area contributed by atoms with Crippen molar-refractivity contribution in [1.29, 1.82) is 0 Å². The zero-order valence-electron chi connectivity index (χ0n) is 23.3. The fourth-order valence-corrected chi connectivity index (χ4v) is 6.04. The number of nitrogens with one attached hydrogen (secondary N) is 2. The molecule has 1 aliphatic carbocycles. The topological polar surface area (TPSA) is 124 Å². The largest absolute Gasteiger partial charge is 0.383 e. The lowest BCUT2D eigenvalue weighted by atomic mass is 9.79. The molecule has 220 valence electrons. The second-order valence-electron chi connectivity index (χ2n) is 10.9. The van der Waals surface area contributed by atoms with E-state index in [1.54, 1.807) is 31.3 Å². The molecule has 6 rings (SSSR count). The van der Waals surface area contributed by atoms with Crippen molar-refractivity contribution >= 4 is 23.3 Å². The van der Waals surface area contributed by atoms with Crippen LogP contribution in [0.5, 0.6) is 0 Å². The van der Waals surface area contributed by atoms with Crippen LogP contribution in [0.4, 0.5) is 20.3 Å². The van der Waals surface area contributed by atoms with Crippen LogP contribution in [0.3, 0.4) is 0 Å². The summed E-state index contributed by atoms with van der Waals surface area (Å²) >= 11 is 0. The molecule has 0 saturated carbocycles. The van der Waals surface area contributed by atoms with Gasteiger partial charge in [-0.05, 0) is 55.2 Å². The number of benzene rings is 2. The maximum absolute atomic E-state index is 14.7. The molecule has 2 atom stereocenters. The van der Waals surface area contributed by atoms with E-state index in [2.05, 4.69) is 15.6 Å². The fraction of sp³-hybridized carbons (Fsp3) is 0.258. The van der Waals surface area contributed by atoms with Crippen molar-refractivity contribution in [2.45, 2.75) is 37.8 Å². The van der Waals surface area contributed by atoms with Gasteiger partial charge in [-0.3, -0.25) is 23.5 Å². The Hall–Kier alpha value is -4.97. The first-order chi connectivity index (χ1) is 20.6. The molecule has 2 amide bonds. The minimum atomic E-state index is -1.24. The van der Waals surface area contributed by atoms with Crippen molar-refractivity contribution in [3.63, 3.8) is 0 Å². The fourth-order valence-electron chi connectivity index (χ4n) is 6.04. The highest BCUT2D eigenvalue weighted by atomic mass is 19.2. The first kappa shape index (κ1) is 28.2. The number of hydrogen-bond donors (Lipinski definition) is 2. The minimum absolute atomic E-state index is 0.00833. The molecular weight excluding hydrogens is 560 g/mol. The third-order valence-corrected chi connectivity index (χ3v) is 8.05. The normalized spacial score (nSPS) is 17.4. The number of nitrogens with zero attached hydrogens (tertiary/aromatic N) is 3. The summed E-state index contributed by atoms with van der Waals surface area (Å²) in [5.41, 5.74) is 0.140. The Labute approximate surface area is 244 Å². The van der Waals surface area contributed by atoms with Gasteiger partial charge in [0.15, 0.2) is 11.6 Å². The molecule has 1 spiro atoms. The number of aromatic nitrogens is 3. The van der Waals surface area contributed by atoms with Gasteiger partial charge in [0.1, 0.15) is 12.4 Å². The van der Waals surface area contributed by atoms with E-state index in [0.29, 0.717) is 24.3 Å². The van der Waals surface area contributed by atoms with Gasteiger partial charge in [0, 0.05) is 36.3 Å². The van der Waals surface area contributed by atoms with Crippen molar-refractivity contribution in [3.05, 3.63) is 110 Å². The standard InChI is InChI=1S/C31H27F2N5O5/c1-17(16-43-2)38-28(40)22(21-5-3-7-24(32)26(21)33)14-37(30(38)42)15-25(39)35-20-9-8-18-12-31(13-19(18)11-20)23-6-4-10-34-27(23)36-29(31)41/h3-11,14,17H,12-13,15-16H2,1-2H3,(H,35,39)(H,34,36,41)/t17-,31+/m0/s1. The van der Waals surface area contributed by atoms with Crippen LogP contribution in [0.2, 0.25) is 0 Å². The van der Waals surface area contributed by atoms with E-state index in [9.17, 15) is 28.0 Å². The molecule has 4 aromatic rings. The van der Waals surface area contributed by atoms with Crippen LogP contribution in [-0.2, 0) is 39.1 Å². The maximum Gasteiger partial charge on any atom is 0.331 e. The number of hydrogen-bond acceptors (Lipinski definition) is 6. The third kappa shape index (κ3) is 4.73. The van der Waals surface area contributed by atoms with Crippen LogP contribution in [-0.4, -0.2) is 39.6 Å². The molecule has 0 radical (unpaired) electrons. The summed E-state index contributed by atoms with van der Waals surface area (Å²) in [4.78, 5) is 57.1. The number of amides is 2. The Morgan fingerprint density at radius 2 is 1.88 bits per heavy atom. The quantitative estimate of drug-likeness (QED) is 0.342. The first-order valence-electron chi connectivity index (χ1n) is 13.6. The zero-order valence-corrected chi connectivity index (χ0v) is 23.3. The lowest BCUT2D eigenvalue weighted by Crippen LogP contribution is -2.44. The summed E-state index contributed by atoms with van der Waals surface area (Å²) in [6.45, 7) is 1.05. The number of methoxy groups -OCH3 is 1. The van der Waals surface area contributed by atoms with Gasteiger partial charge in [0.05, 0.1) is 23.6 Å². The van der Waals surface area contributed by atoms with Crippen LogP contribution >= 0.6 is 0 Å². The van der Waals surface area contributed by atoms with E-state index < -0.39 is 46.8 Å². The molecule has 2 aromatic carbocycles. The molecule has 0 unspecified atom stereocenters. The van der Waals surface area contributed by atoms with E-state index in [-0.39, 0.29) is 23.6 Å². The van der Waals surface area contributed by atoms with Crippen LogP contribution in [0.1, 0.15) is 29.7 Å². The Morgan fingerprint density at radius 3 is 2.67 bits per heavy atom. The third-order valence-electron chi connectivity index (χ3n) is 8.05. The number of halogens is 2. The first-order valence-corrected chi connectivity index (χ1v) is 13.6. The molecule has 0 fully saturated rings. The van der Waals surface area contributed by atoms with Crippen molar-refractivity contribution in [3.8, 4) is 11.1 Å². The molecule has 0 saturated heterocycles. The van der Waals surface area contributed by atoms with Crippen molar-refractivity contribution in [2.24, 2.45) is 0 Å². The van der Waals surface area contributed by atoms with Gasteiger partial charge < -0.3 is 15.4 Å².